The van der Waals surface area contributed by atoms with Crippen molar-refractivity contribution in [1.82, 2.24) is 9.97 Å². The molecule has 1 atom stereocenters. The van der Waals surface area contributed by atoms with Crippen molar-refractivity contribution in [2.24, 2.45) is 5.84 Å². The number of hydrogen-bond donors (Lipinski definition) is 2. The van der Waals surface area contributed by atoms with Gasteiger partial charge in [0.15, 0.2) is 5.82 Å². The van der Waals surface area contributed by atoms with Crippen molar-refractivity contribution in [1.29, 1.82) is 0 Å². The van der Waals surface area contributed by atoms with Crippen LogP contribution in [0.25, 0.3) is 10.2 Å². The molecule has 106 valence electrons. The fraction of sp³-hybridized carbons (Fsp3) is 0.250. The van der Waals surface area contributed by atoms with E-state index < -0.39 is 0 Å². The third-order valence-electron chi connectivity index (χ3n) is 4.11. The molecule has 1 aromatic carbocycles. The number of hydrazine groups is 1. The molecule has 2 heterocycles. The molecule has 1 unspecified atom stereocenters. The summed E-state index contributed by atoms with van der Waals surface area (Å²) in [6.07, 6.45) is 2.16. The monoisotopic (exact) mass is 296 g/mol. The zero-order valence-corrected chi connectivity index (χ0v) is 12.6. The van der Waals surface area contributed by atoms with Crippen molar-refractivity contribution in [2.75, 3.05) is 5.43 Å². The summed E-state index contributed by atoms with van der Waals surface area (Å²) < 4.78 is 0. The van der Waals surface area contributed by atoms with Crippen molar-refractivity contribution in [3.05, 3.63) is 52.2 Å². The van der Waals surface area contributed by atoms with E-state index in [2.05, 4.69) is 47.7 Å². The molecule has 2 aromatic heterocycles. The number of aryl methyl sites for hydroxylation is 2. The molecule has 4 nitrogen and oxygen atoms in total. The minimum absolute atomic E-state index is 0.278. The number of fused-ring (bicyclic) bond motifs is 2. The Labute approximate surface area is 127 Å². The molecule has 5 heteroatoms. The van der Waals surface area contributed by atoms with Crippen molar-refractivity contribution in [3.8, 4) is 0 Å². The number of nitrogen functional groups attached to an aromatic ring is 1. The van der Waals surface area contributed by atoms with Crippen LogP contribution in [0.3, 0.4) is 0 Å². The first-order valence-corrected chi connectivity index (χ1v) is 7.90. The summed E-state index contributed by atoms with van der Waals surface area (Å²) in [7, 11) is 0. The summed E-state index contributed by atoms with van der Waals surface area (Å²) in [5, 5.41) is 1.01. The van der Waals surface area contributed by atoms with Gasteiger partial charge in [0.05, 0.1) is 5.39 Å². The highest BCUT2D eigenvalue weighted by Crippen LogP contribution is 2.38. The Bertz CT molecular complexity index is 824. The predicted molar refractivity (Wildman–Crippen MR) is 86.6 cm³/mol. The number of nitrogens with two attached hydrogens (primary N) is 1. The molecule has 0 saturated carbocycles. The van der Waals surface area contributed by atoms with E-state index in [1.54, 1.807) is 11.3 Å². The van der Waals surface area contributed by atoms with E-state index in [0.29, 0.717) is 0 Å². The van der Waals surface area contributed by atoms with Gasteiger partial charge < -0.3 is 5.43 Å². The van der Waals surface area contributed by atoms with Gasteiger partial charge in [0.2, 0.25) is 0 Å². The van der Waals surface area contributed by atoms with Gasteiger partial charge in [0.1, 0.15) is 10.7 Å². The van der Waals surface area contributed by atoms with Gasteiger partial charge in [-0.3, -0.25) is 0 Å². The standard InChI is InChI=1S/C16H16N4S/c1-9-8-13-15(20-17)18-14(19-16(13)21-9)12-7-6-10-4-2-3-5-11(10)12/h2-5,8,12H,6-7,17H2,1H3,(H,18,19,20). The Balaban J connectivity index is 1.88. The van der Waals surface area contributed by atoms with Crippen LogP contribution in [0.4, 0.5) is 5.82 Å². The number of thiophene rings is 1. The maximum absolute atomic E-state index is 5.65. The molecular weight excluding hydrogens is 280 g/mol. The molecule has 0 spiro atoms. The maximum Gasteiger partial charge on any atom is 0.152 e. The second kappa shape index (κ2) is 4.79. The van der Waals surface area contributed by atoms with E-state index in [0.717, 1.165) is 34.7 Å². The van der Waals surface area contributed by atoms with Gasteiger partial charge in [0, 0.05) is 10.8 Å². The van der Waals surface area contributed by atoms with E-state index in [1.807, 2.05) is 0 Å². The Morgan fingerprint density at radius 3 is 3.00 bits per heavy atom. The number of nitrogens with one attached hydrogen (secondary N) is 1. The molecule has 0 aliphatic heterocycles. The molecule has 0 bridgehead atoms. The van der Waals surface area contributed by atoms with Crippen LogP contribution in [0.1, 0.15) is 34.2 Å². The zero-order valence-electron chi connectivity index (χ0n) is 11.8. The number of rotatable bonds is 2. The first kappa shape index (κ1) is 12.7. The minimum atomic E-state index is 0.278. The highest BCUT2D eigenvalue weighted by Gasteiger charge is 2.26. The fourth-order valence-electron chi connectivity index (χ4n) is 3.15. The molecule has 1 aliphatic rings. The van der Waals surface area contributed by atoms with Crippen LogP contribution in [-0.4, -0.2) is 9.97 Å². The number of benzene rings is 1. The summed E-state index contributed by atoms with van der Waals surface area (Å²) in [5.41, 5.74) is 5.49. The average molecular weight is 296 g/mol. The molecule has 0 fully saturated rings. The molecule has 3 aromatic rings. The lowest BCUT2D eigenvalue weighted by atomic mass is 10.0. The van der Waals surface area contributed by atoms with Gasteiger partial charge in [0.25, 0.3) is 0 Å². The largest absolute Gasteiger partial charge is 0.308 e. The van der Waals surface area contributed by atoms with Crippen molar-refractivity contribution < 1.29 is 0 Å². The highest BCUT2D eigenvalue weighted by molar-refractivity contribution is 7.18. The van der Waals surface area contributed by atoms with Crippen LogP contribution in [0.2, 0.25) is 0 Å². The van der Waals surface area contributed by atoms with Gasteiger partial charge in [-0.05, 0) is 37.0 Å². The smallest absolute Gasteiger partial charge is 0.152 e. The summed E-state index contributed by atoms with van der Waals surface area (Å²) in [5.74, 6) is 7.53. The summed E-state index contributed by atoms with van der Waals surface area (Å²) in [6.45, 7) is 2.08. The molecule has 0 saturated heterocycles. The molecule has 21 heavy (non-hydrogen) atoms. The average Bonchev–Trinajstić information content (AvgIpc) is 3.08. The highest BCUT2D eigenvalue weighted by atomic mass is 32.1. The van der Waals surface area contributed by atoms with Crippen LogP contribution >= 0.6 is 11.3 Å². The Morgan fingerprint density at radius 2 is 2.14 bits per heavy atom. The van der Waals surface area contributed by atoms with Gasteiger partial charge in [-0.25, -0.2) is 15.8 Å². The van der Waals surface area contributed by atoms with E-state index in [1.165, 1.54) is 16.0 Å². The SMILES string of the molecule is Cc1cc2c(NN)nc(C3CCc4ccccc43)nc2s1. The lowest BCUT2D eigenvalue weighted by molar-refractivity contribution is 0.736. The summed E-state index contributed by atoms with van der Waals surface area (Å²) >= 11 is 1.69. The normalized spacial score (nSPS) is 17.1. The third-order valence-corrected chi connectivity index (χ3v) is 5.06. The second-order valence-corrected chi connectivity index (χ2v) is 6.68. The first-order chi connectivity index (χ1) is 10.3. The fourth-order valence-corrected chi connectivity index (χ4v) is 4.04. The topological polar surface area (TPSA) is 63.8 Å². The van der Waals surface area contributed by atoms with Crippen molar-refractivity contribution in [2.45, 2.75) is 25.7 Å². The maximum atomic E-state index is 5.65. The van der Waals surface area contributed by atoms with Crippen LogP contribution in [0.5, 0.6) is 0 Å². The number of anilines is 1. The van der Waals surface area contributed by atoms with Crippen LogP contribution < -0.4 is 11.3 Å². The van der Waals surface area contributed by atoms with Gasteiger partial charge in [-0.15, -0.1) is 11.3 Å². The quantitative estimate of drug-likeness (QED) is 0.562. The molecule has 0 amide bonds. The van der Waals surface area contributed by atoms with Crippen LogP contribution in [-0.2, 0) is 6.42 Å². The van der Waals surface area contributed by atoms with E-state index in [4.69, 9.17) is 10.8 Å². The van der Waals surface area contributed by atoms with Crippen molar-refractivity contribution in [3.63, 3.8) is 0 Å². The van der Waals surface area contributed by atoms with Crippen LogP contribution in [0.15, 0.2) is 30.3 Å². The van der Waals surface area contributed by atoms with E-state index in [9.17, 15) is 0 Å². The lowest BCUT2D eigenvalue weighted by Gasteiger charge is -2.12. The lowest BCUT2D eigenvalue weighted by Crippen LogP contribution is -2.12. The molecule has 1 aliphatic carbocycles. The second-order valence-electron chi connectivity index (χ2n) is 5.44. The summed E-state index contributed by atoms with van der Waals surface area (Å²) in [6, 6.07) is 10.7. The van der Waals surface area contributed by atoms with Crippen molar-refractivity contribution >= 4 is 27.4 Å². The third kappa shape index (κ3) is 2.01. The molecule has 3 N–H and O–H groups in total. The number of aromatic nitrogens is 2. The minimum Gasteiger partial charge on any atom is -0.308 e. The van der Waals surface area contributed by atoms with Gasteiger partial charge >= 0.3 is 0 Å². The number of hydrogen-bond acceptors (Lipinski definition) is 5. The Kier molecular flexibility index (Phi) is 2.90. The molecular formula is C16H16N4S. The molecule has 0 radical (unpaired) electrons. The van der Waals surface area contributed by atoms with Gasteiger partial charge in [-0.1, -0.05) is 24.3 Å². The zero-order chi connectivity index (χ0) is 14.4. The Morgan fingerprint density at radius 1 is 1.29 bits per heavy atom. The van der Waals surface area contributed by atoms with E-state index >= 15 is 0 Å². The molecule has 4 rings (SSSR count). The van der Waals surface area contributed by atoms with E-state index in [-0.39, 0.29) is 5.92 Å². The van der Waals surface area contributed by atoms with Gasteiger partial charge in [-0.2, -0.15) is 0 Å². The predicted octanol–water partition coefficient (Wildman–Crippen LogP) is 3.36. The van der Waals surface area contributed by atoms with Crippen LogP contribution in [0, 0.1) is 6.92 Å². The Hall–Kier alpha value is -1.98. The summed E-state index contributed by atoms with van der Waals surface area (Å²) in [4.78, 5) is 11.7. The number of nitrogens with zero attached hydrogens (tertiary/aromatic N) is 2. The first-order valence-electron chi connectivity index (χ1n) is 7.09.